The summed E-state index contributed by atoms with van der Waals surface area (Å²) in [5.74, 6) is 3.77. The van der Waals surface area contributed by atoms with Crippen molar-refractivity contribution in [3.63, 3.8) is 0 Å². The molecule has 33 heavy (non-hydrogen) atoms. The highest BCUT2D eigenvalue weighted by Crippen LogP contribution is 2.33. The van der Waals surface area contributed by atoms with Gasteiger partial charge >= 0.3 is 0 Å². The molecule has 0 radical (unpaired) electrons. The fraction of sp³-hybridized carbons (Fsp3) is 0.308. The Morgan fingerprint density at radius 2 is 1.36 bits per heavy atom. The van der Waals surface area contributed by atoms with Crippen LogP contribution in [0, 0.1) is 0 Å². The van der Waals surface area contributed by atoms with E-state index in [0.29, 0.717) is 25.4 Å². The Balaban J connectivity index is 1.41. The molecule has 174 valence electrons. The van der Waals surface area contributed by atoms with Crippen molar-refractivity contribution in [1.82, 2.24) is 4.90 Å². The molecule has 0 bridgehead atoms. The molecule has 0 aliphatic carbocycles. The first-order chi connectivity index (χ1) is 16.1. The number of nitrogens with zero attached hydrogens (tertiary/aromatic N) is 1. The topological polar surface area (TPSA) is 69.6 Å². The molecule has 0 amide bonds. The number of rotatable bonds is 11. The Kier molecular flexibility index (Phi) is 7.55. The highest BCUT2D eigenvalue weighted by Gasteiger charge is 2.17. The maximum absolute atomic E-state index is 10.7. The Labute approximate surface area is 194 Å². The maximum atomic E-state index is 10.7. The van der Waals surface area contributed by atoms with Crippen molar-refractivity contribution >= 4 is 0 Å². The van der Waals surface area contributed by atoms with Gasteiger partial charge in [0, 0.05) is 19.6 Å². The molecule has 0 saturated carbocycles. The first-order valence-corrected chi connectivity index (χ1v) is 10.8. The SMILES string of the molecule is COc1ccc(CN(Cc2ccc3c(c2)OCO3)C[C@H](O)COc2ccc(OC)cc2)cc1. The molecular weight excluding hydrogens is 422 g/mol. The van der Waals surface area contributed by atoms with E-state index in [-0.39, 0.29) is 13.4 Å². The third-order valence-electron chi connectivity index (χ3n) is 5.38. The van der Waals surface area contributed by atoms with Crippen molar-refractivity contribution < 1.29 is 28.8 Å². The lowest BCUT2D eigenvalue weighted by molar-refractivity contribution is 0.0628. The molecule has 1 aliphatic heterocycles. The third-order valence-corrected chi connectivity index (χ3v) is 5.38. The van der Waals surface area contributed by atoms with Gasteiger partial charge in [0.25, 0.3) is 0 Å². The molecule has 1 N–H and O–H groups in total. The van der Waals surface area contributed by atoms with Crippen LogP contribution in [-0.2, 0) is 13.1 Å². The zero-order valence-electron chi connectivity index (χ0n) is 18.9. The molecule has 1 aliphatic rings. The summed E-state index contributed by atoms with van der Waals surface area (Å²) < 4.78 is 27.1. The van der Waals surface area contributed by atoms with Gasteiger partial charge in [-0.05, 0) is 59.7 Å². The van der Waals surface area contributed by atoms with Crippen LogP contribution < -0.4 is 23.7 Å². The zero-order valence-corrected chi connectivity index (χ0v) is 18.9. The van der Waals surface area contributed by atoms with Gasteiger partial charge in [0.05, 0.1) is 14.2 Å². The van der Waals surface area contributed by atoms with E-state index in [9.17, 15) is 5.11 Å². The van der Waals surface area contributed by atoms with Gasteiger partial charge in [0.2, 0.25) is 6.79 Å². The summed E-state index contributed by atoms with van der Waals surface area (Å²) >= 11 is 0. The van der Waals surface area contributed by atoms with Crippen LogP contribution in [-0.4, -0.2) is 50.3 Å². The number of fused-ring (bicyclic) bond motifs is 1. The minimum absolute atomic E-state index is 0.187. The molecule has 7 heteroatoms. The van der Waals surface area contributed by atoms with Crippen LogP contribution in [0.2, 0.25) is 0 Å². The predicted molar refractivity (Wildman–Crippen MR) is 124 cm³/mol. The van der Waals surface area contributed by atoms with Crippen LogP contribution in [0.3, 0.4) is 0 Å². The lowest BCUT2D eigenvalue weighted by atomic mass is 10.1. The molecule has 0 spiro atoms. The van der Waals surface area contributed by atoms with Crippen LogP contribution in [0.4, 0.5) is 0 Å². The maximum Gasteiger partial charge on any atom is 0.231 e. The minimum atomic E-state index is -0.667. The van der Waals surface area contributed by atoms with Crippen LogP contribution in [0.1, 0.15) is 11.1 Å². The monoisotopic (exact) mass is 451 g/mol. The number of benzene rings is 3. The predicted octanol–water partition coefficient (Wildman–Crippen LogP) is 3.87. The van der Waals surface area contributed by atoms with E-state index in [1.807, 2.05) is 66.7 Å². The number of hydrogen-bond donors (Lipinski definition) is 1. The molecule has 3 aromatic rings. The normalized spacial score (nSPS) is 13.1. The molecule has 1 atom stereocenters. The fourth-order valence-corrected chi connectivity index (χ4v) is 3.69. The molecule has 0 unspecified atom stereocenters. The average Bonchev–Trinajstić information content (AvgIpc) is 3.31. The smallest absolute Gasteiger partial charge is 0.231 e. The van der Waals surface area contributed by atoms with E-state index in [1.165, 1.54) is 0 Å². The van der Waals surface area contributed by atoms with Crippen LogP contribution in [0.15, 0.2) is 66.7 Å². The quantitative estimate of drug-likeness (QED) is 0.475. The van der Waals surface area contributed by atoms with E-state index in [1.54, 1.807) is 14.2 Å². The number of aliphatic hydroxyl groups is 1. The Morgan fingerprint density at radius 3 is 2.06 bits per heavy atom. The second-order valence-corrected chi connectivity index (χ2v) is 7.85. The molecule has 4 rings (SSSR count). The van der Waals surface area contributed by atoms with E-state index in [4.69, 9.17) is 23.7 Å². The van der Waals surface area contributed by atoms with Crippen molar-refractivity contribution in [1.29, 1.82) is 0 Å². The summed E-state index contributed by atoms with van der Waals surface area (Å²) in [6.45, 7) is 2.18. The third kappa shape index (κ3) is 6.31. The second-order valence-electron chi connectivity index (χ2n) is 7.85. The van der Waals surface area contributed by atoms with Gasteiger partial charge in [-0.1, -0.05) is 18.2 Å². The summed E-state index contributed by atoms with van der Waals surface area (Å²) in [7, 11) is 3.28. The molecule has 0 fully saturated rings. The Bertz CT molecular complexity index is 1020. The average molecular weight is 452 g/mol. The van der Waals surface area contributed by atoms with E-state index >= 15 is 0 Å². The molecule has 7 nitrogen and oxygen atoms in total. The first-order valence-electron chi connectivity index (χ1n) is 10.8. The number of ether oxygens (including phenoxy) is 5. The second kappa shape index (κ2) is 10.9. The van der Waals surface area contributed by atoms with Gasteiger partial charge in [-0.3, -0.25) is 4.90 Å². The first kappa shape index (κ1) is 22.8. The van der Waals surface area contributed by atoms with Crippen LogP contribution in [0.25, 0.3) is 0 Å². The largest absolute Gasteiger partial charge is 0.497 e. The summed E-state index contributed by atoms with van der Waals surface area (Å²) in [5.41, 5.74) is 2.20. The highest BCUT2D eigenvalue weighted by atomic mass is 16.7. The van der Waals surface area contributed by atoms with Crippen molar-refractivity contribution in [2.75, 3.05) is 34.2 Å². The van der Waals surface area contributed by atoms with Gasteiger partial charge in [-0.15, -0.1) is 0 Å². The Morgan fingerprint density at radius 1 is 0.788 bits per heavy atom. The van der Waals surface area contributed by atoms with Crippen molar-refractivity contribution in [2.24, 2.45) is 0 Å². The van der Waals surface area contributed by atoms with Crippen LogP contribution >= 0.6 is 0 Å². The number of aliphatic hydroxyl groups excluding tert-OH is 1. The van der Waals surface area contributed by atoms with Gasteiger partial charge in [0.1, 0.15) is 30.0 Å². The molecular formula is C26H29NO6. The van der Waals surface area contributed by atoms with Crippen molar-refractivity contribution in [3.8, 4) is 28.7 Å². The lowest BCUT2D eigenvalue weighted by Gasteiger charge is -2.25. The van der Waals surface area contributed by atoms with E-state index in [2.05, 4.69) is 4.90 Å². The van der Waals surface area contributed by atoms with Crippen LogP contribution in [0.5, 0.6) is 28.7 Å². The van der Waals surface area contributed by atoms with Gasteiger partial charge in [-0.2, -0.15) is 0 Å². The highest BCUT2D eigenvalue weighted by molar-refractivity contribution is 5.44. The standard InChI is InChI=1S/C26H29NO6/c1-29-22-6-3-19(4-7-22)14-27(15-20-5-12-25-26(13-20)33-18-32-25)16-21(28)17-31-24-10-8-23(30-2)9-11-24/h3-13,21,28H,14-18H2,1-2H3/t21-/m0/s1. The summed E-state index contributed by atoms with van der Waals surface area (Å²) in [6.07, 6.45) is -0.667. The van der Waals surface area contributed by atoms with Gasteiger partial charge in [-0.25, -0.2) is 0 Å². The number of methoxy groups -OCH3 is 2. The van der Waals surface area contributed by atoms with Gasteiger partial charge in [0.15, 0.2) is 11.5 Å². The summed E-state index contributed by atoms with van der Waals surface area (Å²) in [6, 6.07) is 21.2. The van der Waals surface area contributed by atoms with E-state index in [0.717, 1.165) is 34.1 Å². The molecule has 0 saturated heterocycles. The lowest BCUT2D eigenvalue weighted by Crippen LogP contribution is -2.35. The minimum Gasteiger partial charge on any atom is -0.497 e. The molecule has 0 aromatic heterocycles. The molecule has 1 heterocycles. The fourth-order valence-electron chi connectivity index (χ4n) is 3.69. The van der Waals surface area contributed by atoms with Gasteiger partial charge < -0.3 is 28.8 Å². The van der Waals surface area contributed by atoms with Crippen molar-refractivity contribution in [3.05, 3.63) is 77.9 Å². The van der Waals surface area contributed by atoms with Crippen molar-refractivity contribution in [2.45, 2.75) is 19.2 Å². The van der Waals surface area contributed by atoms with E-state index < -0.39 is 6.10 Å². The summed E-state index contributed by atoms with van der Waals surface area (Å²) in [4.78, 5) is 2.18. The Hall–Kier alpha value is -3.42. The number of hydrogen-bond acceptors (Lipinski definition) is 7. The molecule has 3 aromatic carbocycles. The summed E-state index contributed by atoms with van der Waals surface area (Å²) in [5, 5.41) is 10.7. The zero-order chi connectivity index (χ0) is 23.0.